The SMILES string of the molecule is OCCc1ccc(N=Cc2ccc(O)cc2O)cc1. The molecule has 19 heavy (non-hydrogen) atoms. The second kappa shape index (κ2) is 6.02. The smallest absolute Gasteiger partial charge is 0.128 e. The molecule has 0 aliphatic heterocycles. The van der Waals surface area contributed by atoms with Crippen molar-refractivity contribution in [3.05, 3.63) is 53.6 Å². The van der Waals surface area contributed by atoms with Crippen molar-refractivity contribution in [1.82, 2.24) is 0 Å². The molecule has 4 heteroatoms. The van der Waals surface area contributed by atoms with Gasteiger partial charge in [0.15, 0.2) is 0 Å². The predicted molar refractivity (Wildman–Crippen MR) is 74.3 cm³/mol. The Morgan fingerprint density at radius 2 is 1.74 bits per heavy atom. The Balaban J connectivity index is 2.13. The van der Waals surface area contributed by atoms with Crippen LogP contribution in [0.5, 0.6) is 11.5 Å². The van der Waals surface area contributed by atoms with Gasteiger partial charge in [-0.1, -0.05) is 12.1 Å². The summed E-state index contributed by atoms with van der Waals surface area (Å²) in [6.45, 7) is 0.129. The Morgan fingerprint density at radius 3 is 2.37 bits per heavy atom. The molecule has 0 unspecified atom stereocenters. The summed E-state index contributed by atoms with van der Waals surface area (Å²) in [5, 5.41) is 27.6. The van der Waals surface area contributed by atoms with E-state index < -0.39 is 0 Å². The number of benzene rings is 2. The van der Waals surface area contributed by atoms with E-state index in [1.54, 1.807) is 6.07 Å². The third-order valence-electron chi connectivity index (χ3n) is 2.70. The fourth-order valence-electron chi connectivity index (χ4n) is 1.66. The molecule has 3 N–H and O–H groups in total. The molecule has 0 saturated heterocycles. The van der Waals surface area contributed by atoms with E-state index in [4.69, 9.17) is 5.11 Å². The van der Waals surface area contributed by atoms with Crippen molar-refractivity contribution < 1.29 is 15.3 Å². The zero-order valence-electron chi connectivity index (χ0n) is 10.3. The van der Waals surface area contributed by atoms with E-state index >= 15 is 0 Å². The van der Waals surface area contributed by atoms with Gasteiger partial charge in [-0.3, -0.25) is 4.99 Å². The van der Waals surface area contributed by atoms with Crippen molar-refractivity contribution in [2.45, 2.75) is 6.42 Å². The highest BCUT2D eigenvalue weighted by Gasteiger charge is 1.99. The van der Waals surface area contributed by atoms with E-state index in [2.05, 4.69) is 4.99 Å². The number of aromatic hydroxyl groups is 2. The van der Waals surface area contributed by atoms with Crippen LogP contribution < -0.4 is 0 Å². The minimum Gasteiger partial charge on any atom is -0.508 e. The third kappa shape index (κ3) is 3.56. The van der Waals surface area contributed by atoms with Crippen LogP contribution >= 0.6 is 0 Å². The van der Waals surface area contributed by atoms with Gasteiger partial charge in [0.2, 0.25) is 0 Å². The van der Waals surface area contributed by atoms with Crippen molar-refractivity contribution in [3.63, 3.8) is 0 Å². The van der Waals surface area contributed by atoms with Crippen molar-refractivity contribution in [3.8, 4) is 11.5 Å². The number of aliphatic imine (C=N–C) groups is 1. The highest BCUT2D eigenvalue weighted by molar-refractivity contribution is 5.85. The van der Waals surface area contributed by atoms with Crippen LogP contribution in [0.25, 0.3) is 0 Å². The Kier molecular flexibility index (Phi) is 4.15. The number of rotatable bonds is 4. The first-order valence-electron chi connectivity index (χ1n) is 5.95. The van der Waals surface area contributed by atoms with E-state index in [0.29, 0.717) is 12.0 Å². The Hall–Kier alpha value is -2.33. The molecular weight excluding hydrogens is 242 g/mol. The summed E-state index contributed by atoms with van der Waals surface area (Å²) in [6.07, 6.45) is 2.17. The van der Waals surface area contributed by atoms with Crippen LogP contribution in [0.4, 0.5) is 5.69 Å². The summed E-state index contributed by atoms with van der Waals surface area (Å²) in [6, 6.07) is 11.8. The molecule has 98 valence electrons. The van der Waals surface area contributed by atoms with Gasteiger partial charge in [0, 0.05) is 24.5 Å². The van der Waals surface area contributed by atoms with E-state index in [-0.39, 0.29) is 18.1 Å². The summed E-state index contributed by atoms with van der Waals surface area (Å²) < 4.78 is 0. The first-order chi connectivity index (χ1) is 9.19. The van der Waals surface area contributed by atoms with Gasteiger partial charge in [0.25, 0.3) is 0 Å². The maximum atomic E-state index is 9.60. The average molecular weight is 257 g/mol. The van der Waals surface area contributed by atoms with Crippen LogP contribution in [0.1, 0.15) is 11.1 Å². The lowest BCUT2D eigenvalue weighted by molar-refractivity contribution is 0.299. The summed E-state index contributed by atoms with van der Waals surface area (Å²) >= 11 is 0. The van der Waals surface area contributed by atoms with E-state index in [1.807, 2.05) is 24.3 Å². The van der Waals surface area contributed by atoms with Gasteiger partial charge in [-0.05, 0) is 36.2 Å². The van der Waals surface area contributed by atoms with E-state index in [1.165, 1.54) is 18.3 Å². The first kappa shape index (κ1) is 13.1. The fraction of sp³-hybridized carbons (Fsp3) is 0.133. The van der Waals surface area contributed by atoms with Crippen molar-refractivity contribution in [1.29, 1.82) is 0 Å². The van der Waals surface area contributed by atoms with Gasteiger partial charge in [-0.15, -0.1) is 0 Å². The normalized spacial score (nSPS) is 11.0. The molecule has 2 aromatic carbocycles. The zero-order chi connectivity index (χ0) is 13.7. The molecule has 0 spiro atoms. The Morgan fingerprint density at radius 1 is 1.00 bits per heavy atom. The third-order valence-corrected chi connectivity index (χ3v) is 2.70. The lowest BCUT2D eigenvalue weighted by atomic mass is 10.1. The molecule has 0 radical (unpaired) electrons. The van der Waals surface area contributed by atoms with Gasteiger partial charge in [-0.25, -0.2) is 0 Å². The van der Waals surface area contributed by atoms with Crippen molar-refractivity contribution in [2.24, 2.45) is 4.99 Å². The topological polar surface area (TPSA) is 73.1 Å². The van der Waals surface area contributed by atoms with Crippen LogP contribution in [-0.2, 0) is 6.42 Å². The summed E-state index contributed by atoms with van der Waals surface area (Å²) in [5.74, 6) is 0.00339. The van der Waals surface area contributed by atoms with Crippen molar-refractivity contribution in [2.75, 3.05) is 6.61 Å². The summed E-state index contributed by atoms with van der Waals surface area (Å²) in [5.41, 5.74) is 2.35. The monoisotopic (exact) mass is 257 g/mol. The molecule has 0 aromatic heterocycles. The number of aliphatic hydroxyl groups excluding tert-OH is 1. The van der Waals surface area contributed by atoms with Gasteiger partial charge in [0.05, 0.1) is 5.69 Å². The lowest BCUT2D eigenvalue weighted by Gasteiger charge is -2.00. The molecule has 0 bridgehead atoms. The molecule has 0 saturated carbocycles. The fourth-order valence-corrected chi connectivity index (χ4v) is 1.66. The average Bonchev–Trinajstić information content (AvgIpc) is 2.40. The van der Waals surface area contributed by atoms with Gasteiger partial charge in [-0.2, -0.15) is 0 Å². The number of aliphatic hydroxyl groups is 1. The molecule has 0 aliphatic rings. The predicted octanol–water partition coefficient (Wildman–Crippen LogP) is 2.38. The molecule has 0 aliphatic carbocycles. The van der Waals surface area contributed by atoms with Crippen LogP contribution in [-0.4, -0.2) is 28.1 Å². The maximum absolute atomic E-state index is 9.60. The Bertz CT molecular complexity index is 576. The summed E-state index contributed by atoms with van der Waals surface area (Å²) in [7, 11) is 0. The molecule has 2 aromatic rings. The maximum Gasteiger partial charge on any atom is 0.128 e. The number of hydrogen-bond donors (Lipinski definition) is 3. The highest BCUT2D eigenvalue weighted by Crippen LogP contribution is 2.22. The second-order valence-corrected chi connectivity index (χ2v) is 4.14. The number of nitrogens with zero attached hydrogens (tertiary/aromatic N) is 1. The van der Waals surface area contributed by atoms with Gasteiger partial charge in [0.1, 0.15) is 11.5 Å². The quantitative estimate of drug-likeness (QED) is 0.736. The lowest BCUT2D eigenvalue weighted by Crippen LogP contribution is -1.88. The van der Waals surface area contributed by atoms with Crippen molar-refractivity contribution >= 4 is 11.9 Å². The minimum atomic E-state index is -0.0133. The molecule has 0 fully saturated rings. The molecule has 4 nitrogen and oxygen atoms in total. The van der Waals surface area contributed by atoms with Crippen LogP contribution in [0.15, 0.2) is 47.5 Å². The molecular formula is C15H15NO3. The second-order valence-electron chi connectivity index (χ2n) is 4.14. The van der Waals surface area contributed by atoms with E-state index in [0.717, 1.165) is 11.3 Å². The zero-order valence-corrected chi connectivity index (χ0v) is 10.3. The summed E-state index contributed by atoms with van der Waals surface area (Å²) in [4.78, 5) is 4.24. The Labute approximate surface area is 111 Å². The minimum absolute atomic E-state index is 0.0133. The van der Waals surface area contributed by atoms with Gasteiger partial charge < -0.3 is 15.3 Å². The first-order valence-corrected chi connectivity index (χ1v) is 5.95. The standard InChI is InChI=1S/C15H15NO3/c17-8-7-11-1-4-13(5-2-11)16-10-12-3-6-14(18)9-15(12)19/h1-6,9-10,17-19H,7-8H2. The molecule has 0 heterocycles. The number of phenolic OH excluding ortho intramolecular Hbond substituents is 2. The molecule has 2 rings (SSSR count). The highest BCUT2D eigenvalue weighted by atomic mass is 16.3. The molecule has 0 amide bonds. The molecule has 0 atom stereocenters. The largest absolute Gasteiger partial charge is 0.508 e. The van der Waals surface area contributed by atoms with E-state index in [9.17, 15) is 10.2 Å². The van der Waals surface area contributed by atoms with Gasteiger partial charge >= 0.3 is 0 Å². The van der Waals surface area contributed by atoms with Crippen LogP contribution in [0.2, 0.25) is 0 Å². The number of hydrogen-bond acceptors (Lipinski definition) is 4. The number of phenols is 2. The van der Waals surface area contributed by atoms with Crippen LogP contribution in [0.3, 0.4) is 0 Å². The van der Waals surface area contributed by atoms with Crippen LogP contribution in [0, 0.1) is 0 Å².